The minimum absolute atomic E-state index is 0.0798. The van der Waals surface area contributed by atoms with Gasteiger partial charge in [-0.05, 0) is 42.9 Å². The maximum absolute atomic E-state index is 12.9. The Balaban J connectivity index is 1.12. The highest BCUT2D eigenvalue weighted by Crippen LogP contribution is 2.29. The molecule has 3 aromatic rings. The molecule has 0 aliphatic carbocycles. The van der Waals surface area contributed by atoms with E-state index in [0.29, 0.717) is 25.0 Å². The Labute approximate surface area is 169 Å². The summed E-state index contributed by atoms with van der Waals surface area (Å²) in [6.45, 7) is 2.65. The fourth-order valence-electron chi connectivity index (χ4n) is 4.14. The molecular formula is C22H24N4O3. The number of imidazole rings is 1. The standard InChI is InChI=1S/C22H24N4O3/c27-22(18-13-17-3-1-2-4-19(17)28-15-18)25-10-7-16(8-11-25)14-29-21-6-5-20-23-9-12-26(20)24-21/h1-6,9,12,16,18H,7-8,10-11,13-15H2. The summed E-state index contributed by atoms with van der Waals surface area (Å²) in [5.41, 5.74) is 1.93. The van der Waals surface area contributed by atoms with Crippen LogP contribution in [0.25, 0.3) is 5.65 Å². The topological polar surface area (TPSA) is 69.0 Å². The van der Waals surface area contributed by atoms with E-state index in [2.05, 4.69) is 10.1 Å². The van der Waals surface area contributed by atoms with E-state index in [4.69, 9.17) is 9.47 Å². The summed E-state index contributed by atoms with van der Waals surface area (Å²) in [6, 6.07) is 11.7. The van der Waals surface area contributed by atoms with Crippen LogP contribution in [0.15, 0.2) is 48.8 Å². The first-order valence-electron chi connectivity index (χ1n) is 10.2. The van der Waals surface area contributed by atoms with Gasteiger partial charge in [-0.2, -0.15) is 0 Å². The van der Waals surface area contributed by atoms with E-state index in [9.17, 15) is 4.79 Å². The van der Waals surface area contributed by atoms with E-state index in [-0.39, 0.29) is 11.8 Å². The molecule has 1 saturated heterocycles. The summed E-state index contributed by atoms with van der Waals surface area (Å²) in [5.74, 6) is 2.08. The van der Waals surface area contributed by atoms with Crippen molar-refractivity contribution < 1.29 is 14.3 Å². The van der Waals surface area contributed by atoms with Crippen molar-refractivity contribution in [2.75, 3.05) is 26.3 Å². The van der Waals surface area contributed by atoms with Gasteiger partial charge in [0.1, 0.15) is 12.4 Å². The van der Waals surface area contributed by atoms with Gasteiger partial charge in [0.15, 0.2) is 5.65 Å². The van der Waals surface area contributed by atoms with E-state index in [1.165, 1.54) is 0 Å². The Morgan fingerprint density at radius 1 is 1.17 bits per heavy atom. The number of nitrogens with zero attached hydrogens (tertiary/aromatic N) is 4. The predicted molar refractivity (Wildman–Crippen MR) is 107 cm³/mol. The highest BCUT2D eigenvalue weighted by atomic mass is 16.5. The molecule has 0 bridgehead atoms. The number of piperidine rings is 1. The molecule has 1 fully saturated rings. The Bertz CT molecular complexity index is 1010. The van der Waals surface area contributed by atoms with E-state index in [1.807, 2.05) is 41.3 Å². The van der Waals surface area contributed by atoms with Gasteiger partial charge < -0.3 is 14.4 Å². The number of fused-ring (bicyclic) bond motifs is 2. The average Bonchev–Trinajstić information content (AvgIpc) is 3.25. The SMILES string of the molecule is O=C(C1COc2ccccc2C1)N1CCC(COc2ccc3nccn3n2)CC1. The van der Waals surface area contributed by atoms with Gasteiger partial charge in [-0.3, -0.25) is 4.79 Å². The number of likely N-dealkylation sites (tertiary alicyclic amines) is 1. The number of hydrogen-bond donors (Lipinski definition) is 0. The van der Waals surface area contributed by atoms with Crippen molar-refractivity contribution in [1.82, 2.24) is 19.5 Å². The van der Waals surface area contributed by atoms with Gasteiger partial charge in [-0.1, -0.05) is 18.2 Å². The van der Waals surface area contributed by atoms with Crippen molar-refractivity contribution in [2.24, 2.45) is 11.8 Å². The Morgan fingerprint density at radius 3 is 2.93 bits per heavy atom. The first-order valence-corrected chi connectivity index (χ1v) is 10.2. The van der Waals surface area contributed by atoms with Crippen LogP contribution in [0, 0.1) is 11.8 Å². The number of benzene rings is 1. The van der Waals surface area contributed by atoms with Crippen LogP contribution >= 0.6 is 0 Å². The number of carbonyl (C=O) groups excluding carboxylic acids is 1. The van der Waals surface area contributed by atoms with Crippen LogP contribution in [0.2, 0.25) is 0 Å². The summed E-state index contributed by atoms with van der Waals surface area (Å²) in [5, 5.41) is 4.40. The summed E-state index contributed by atoms with van der Waals surface area (Å²) < 4.78 is 13.4. The number of amides is 1. The number of hydrogen-bond acceptors (Lipinski definition) is 5. The predicted octanol–water partition coefficient (Wildman–Crippen LogP) is 2.60. The molecule has 1 unspecified atom stereocenters. The number of rotatable bonds is 4. The molecule has 0 saturated carbocycles. The molecule has 1 aromatic carbocycles. The van der Waals surface area contributed by atoms with Crippen LogP contribution in [0.4, 0.5) is 0 Å². The number of aromatic nitrogens is 3. The highest BCUT2D eigenvalue weighted by Gasteiger charge is 2.31. The molecule has 0 spiro atoms. The largest absolute Gasteiger partial charge is 0.492 e. The fourth-order valence-corrected chi connectivity index (χ4v) is 4.14. The van der Waals surface area contributed by atoms with Gasteiger partial charge in [-0.25, -0.2) is 9.50 Å². The van der Waals surface area contributed by atoms with E-state index in [0.717, 1.165) is 49.3 Å². The molecule has 2 aliphatic rings. The van der Waals surface area contributed by atoms with E-state index < -0.39 is 0 Å². The summed E-state index contributed by atoms with van der Waals surface area (Å²) in [6.07, 6.45) is 6.18. The van der Waals surface area contributed by atoms with Crippen molar-refractivity contribution in [3.05, 3.63) is 54.4 Å². The van der Waals surface area contributed by atoms with Crippen LogP contribution in [0.1, 0.15) is 18.4 Å². The van der Waals surface area contributed by atoms with Crippen LogP contribution in [-0.4, -0.2) is 51.7 Å². The van der Waals surface area contributed by atoms with Gasteiger partial charge in [0, 0.05) is 31.5 Å². The minimum Gasteiger partial charge on any atom is -0.492 e. The van der Waals surface area contributed by atoms with Gasteiger partial charge in [0.2, 0.25) is 11.8 Å². The third kappa shape index (κ3) is 3.77. The fraction of sp³-hybridized carbons (Fsp3) is 0.409. The van der Waals surface area contributed by atoms with Crippen LogP contribution in [-0.2, 0) is 11.2 Å². The molecule has 1 amide bonds. The summed E-state index contributed by atoms with van der Waals surface area (Å²) >= 11 is 0. The molecule has 5 rings (SSSR count). The van der Waals surface area contributed by atoms with Gasteiger partial charge >= 0.3 is 0 Å². The zero-order valence-electron chi connectivity index (χ0n) is 16.2. The average molecular weight is 392 g/mol. The molecule has 150 valence electrons. The van der Waals surface area contributed by atoms with Crippen molar-refractivity contribution >= 4 is 11.6 Å². The number of carbonyl (C=O) groups is 1. The molecule has 2 aliphatic heterocycles. The third-order valence-corrected chi connectivity index (χ3v) is 5.85. The maximum atomic E-state index is 12.9. The molecule has 1 atom stereocenters. The monoisotopic (exact) mass is 392 g/mol. The first kappa shape index (κ1) is 18.0. The van der Waals surface area contributed by atoms with Crippen molar-refractivity contribution in [3.63, 3.8) is 0 Å². The zero-order chi connectivity index (χ0) is 19.6. The Kier molecular flexibility index (Phi) is 4.79. The molecule has 2 aromatic heterocycles. The molecule has 4 heterocycles. The second-order valence-electron chi connectivity index (χ2n) is 7.80. The van der Waals surface area contributed by atoms with Crippen LogP contribution in [0.3, 0.4) is 0 Å². The lowest BCUT2D eigenvalue weighted by Gasteiger charge is -2.35. The summed E-state index contributed by atoms with van der Waals surface area (Å²) in [7, 11) is 0. The van der Waals surface area contributed by atoms with E-state index >= 15 is 0 Å². The molecule has 7 nitrogen and oxygen atoms in total. The van der Waals surface area contributed by atoms with E-state index in [1.54, 1.807) is 16.9 Å². The molecule has 7 heteroatoms. The number of ether oxygens (including phenoxy) is 2. The lowest BCUT2D eigenvalue weighted by molar-refractivity contribution is -0.138. The Morgan fingerprint density at radius 2 is 2.03 bits per heavy atom. The quantitative estimate of drug-likeness (QED) is 0.683. The minimum atomic E-state index is -0.0798. The molecule has 0 radical (unpaired) electrons. The highest BCUT2D eigenvalue weighted by molar-refractivity contribution is 5.80. The summed E-state index contributed by atoms with van der Waals surface area (Å²) in [4.78, 5) is 19.1. The van der Waals surface area contributed by atoms with Crippen LogP contribution in [0.5, 0.6) is 11.6 Å². The normalized spacial score (nSPS) is 19.6. The Hall–Kier alpha value is -3.09. The van der Waals surface area contributed by atoms with Crippen molar-refractivity contribution in [3.8, 4) is 11.6 Å². The van der Waals surface area contributed by atoms with Crippen molar-refractivity contribution in [2.45, 2.75) is 19.3 Å². The maximum Gasteiger partial charge on any atom is 0.231 e. The second kappa shape index (κ2) is 7.73. The van der Waals surface area contributed by atoms with Crippen molar-refractivity contribution in [1.29, 1.82) is 0 Å². The smallest absolute Gasteiger partial charge is 0.231 e. The van der Waals surface area contributed by atoms with Gasteiger partial charge in [0.25, 0.3) is 0 Å². The second-order valence-corrected chi connectivity index (χ2v) is 7.80. The zero-order valence-corrected chi connectivity index (χ0v) is 16.2. The molecule has 29 heavy (non-hydrogen) atoms. The molecular weight excluding hydrogens is 368 g/mol. The van der Waals surface area contributed by atoms with Gasteiger partial charge in [0.05, 0.1) is 12.5 Å². The van der Waals surface area contributed by atoms with Gasteiger partial charge in [-0.15, -0.1) is 5.10 Å². The lowest BCUT2D eigenvalue weighted by atomic mass is 9.93. The molecule has 0 N–H and O–H groups in total. The lowest BCUT2D eigenvalue weighted by Crippen LogP contribution is -2.45. The number of para-hydroxylation sites is 1. The van der Waals surface area contributed by atoms with Crippen LogP contribution < -0.4 is 9.47 Å². The third-order valence-electron chi connectivity index (χ3n) is 5.85. The first-order chi connectivity index (χ1) is 14.3.